The quantitative estimate of drug-likeness (QED) is 0.348. The molecule has 152 valence electrons. The maximum atomic E-state index is 10.9. The van der Waals surface area contributed by atoms with E-state index in [9.17, 15) is 5.11 Å². The highest BCUT2D eigenvalue weighted by atomic mass is 32.1. The molecule has 0 amide bonds. The Hall–Kier alpha value is -3.47. The van der Waals surface area contributed by atoms with Crippen molar-refractivity contribution in [3.05, 3.63) is 148 Å². The van der Waals surface area contributed by atoms with Gasteiger partial charge in [-0.3, -0.25) is 0 Å². The molecule has 0 radical (unpaired) electrons. The van der Waals surface area contributed by atoms with Crippen LogP contribution < -0.4 is 0 Å². The van der Waals surface area contributed by atoms with Crippen LogP contribution in [0.4, 0.5) is 0 Å². The first-order valence-electron chi connectivity index (χ1n) is 10.2. The Labute approximate surface area is 185 Å². The van der Waals surface area contributed by atoms with Crippen molar-refractivity contribution >= 4 is 11.3 Å². The predicted octanol–water partition coefficient (Wildman–Crippen LogP) is 5.87. The van der Waals surface area contributed by atoms with E-state index in [2.05, 4.69) is 82.3 Å². The maximum Gasteiger partial charge on any atom is 0.132 e. The fraction of sp³-hybridized carbons (Fsp3) is 0.0741. The Bertz CT molecular complexity index is 1140. The number of hydrogen-bond donors (Lipinski definition) is 1. The van der Waals surface area contributed by atoms with Crippen LogP contribution in [0.2, 0.25) is 0 Å². The van der Waals surface area contributed by atoms with Crippen LogP contribution in [0.3, 0.4) is 0 Å². The first kappa shape index (κ1) is 19.5. The van der Waals surface area contributed by atoms with E-state index < -0.39 is 11.6 Å². The van der Waals surface area contributed by atoms with Gasteiger partial charge in [0.05, 0.1) is 12.0 Å². The van der Waals surface area contributed by atoms with Crippen LogP contribution in [0, 0.1) is 0 Å². The zero-order valence-corrected chi connectivity index (χ0v) is 17.7. The summed E-state index contributed by atoms with van der Waals surface area (Å²) in [4.78, 5) is 5.52. The van der Waals surface area contributed by atoms with Gasteiger partial charge in [0.1, 0.15) is 11.6 Å². The van der Waals surface area contributed by atoms with Crippen molar-refractivity contribution in [2.24, 2.45) is 0 Å². The number of benzene rings is 3. The summed E-state index contributed by atoms with van der Waals surface area (Å²) in [6.45, 7) is 0. The molecule has 4 heteroatoms. The number of hydrogen-bond acceptors (Lipinski definition) is 3. The predicted molar refractivity (Wildman–Crippen MR) is 125 cm³/mol. The monoisotopic (exact) mass is 422 g/mol. The van der Waals surface area contributed by atoms with Crippen LogP contribution in [-0.2, 0) is 5.54 Å². The highest BCUT2D eigenvalue weighted by Crippen LogP contribution is 2.41. The van der Waals surface area contributed by atoms with Gasteiger partial charge >= 0.3 is 0 Å². The molecule has 0 unspecified atom stereocenters. The molecule has 0 saturated heterocycles. The molecular weight excluding hydrogens is 400 g/mol. The third kappa shape index (κ3) is 3.40. The first-order chi connectivity index (χ1) is 15.3. The van der Waals surface area contributed by atoms with Gasteiger partial charge < -0.3 is 9.67 Å². The summed E-state index contributed by atoms with van der Waals surface area (Å²) in [6.07, 6.45) is 3.05. The summed E-state index contributed by atoms with van der Waals surface area (Å²) in [7, 11) is 0. The highest BCUT2D eigenvalue weighted by Gasteiger charge is 2.38. The van der Waals surface area contributed by atoms with E-state index >= 15 is 0 Å². The van der Waals surface area contributed by atoms with E-state index in [1.54, 1.807) is 0 Å². The fourth-order valence-corrected chi connectivity index (χ4v) is 4.96. The molecule has 2 aromatic heterocycles. The number of imidazole rings is 1. The zero-order valence-electron chi connectivity index (χ0n) is 16.9. The van der Waals surface area contributed by atoms with Gasteiger partial charge in [0, 0.05) is 11.1 Å². The SMILES string of the molecule is O[C@H](c1cn(C(c2ccccc2)(c2ccccc2)c2ccccc2)cn1)c1cccs1. The van der Waals surface area contributed by atoms with E-state index in [1.165, 1.54) is 11.3 Å². The molecule has 5 aromatic rings. The Morgan fingerprint density at radius 3 is 1.68 bits per heavy atom. The fourth-order valence-electron chi connectivity index (χ4n) is 4.24. The van der Waals surface area contributed by atoms with E-state index in [0.717, 1.165) is 21.6 Å². The Morgan fingerprint density at radius 1 is 0.710 bits per heavy atom. The average Bonchev–Trinajstić information content (AvgIpc) is 3.55. The van der Waals surface area contributed by atoms with Crippen molar-refractivity contribution < 1.29 is 5.11 Å². The van der Waals surface area contributed by atoms with Gasteiger partial charge in [-0.1, -0.05) is 97.1 Å². The lowest BCUT2D eigenvalue weighted by Gasteiger charge is -2.37. The molecule has 3 aromatic carbocycles. The molecule has 31 heavy (non-hydrogen) atoms. The second-order valence-corrected chi connectivity index (χ2v) is 8.41. The van der Waals surface area contributed by atoms with Gasteiger partial charge in [-0.05, 0) is 28.1 Å². The van der Waals surface area contributed by atoms with Gasteiger partial charge in [-0.2, -0.15) is 0 Å². The maximum absolute atomic E-state index is 10.9. The van der Waals surface area contributed by atoms with Crippen molar-refractivity contribution in [1.82, 2.24) is 9.55 Å². The number of thiophene rings is 1. The normalized spacial score (nSPS) is 12.5. The second kappa shape index (κ2) is 8.34. The largest absolute Gasteiger partial charge is 0.381 e. The van der Waals surface area contributed by atoms with Crippen LogP contribution >= 0.6 is 11.3 Å². The van der Waals surface area contributed by atoms with E-state index in [4.69, 9.17) is 0 Å². The average molecular weight is 423 g/mol. The van der Waals surface area contributed by atoms with Crippen molar-refractivity contribution in [2.75, 3.05) is 0 Å². The van der Waals surface area contributed by atoms with Gasteiger partial charge in [-0.25, -0.2) is 4.98 Å². The number of nitrogens with zero attached hydrogens (tertiary/aromatic N) is 2. The third-order valence-corrected chi connectivity index (χ3v) is 6.58. The number of aliphatic hydroxyl groups excluding tert-OH is 1. The molecule has 0 bridgehead atoms. The lowest BCUT2D eigenvalue weighted by molar-refractivity contribution is 0.219. The molecule has 0 spiro atoms. The Kier molecular flexibility index (Phi) is 5.24. The topological polar surface area (TPSA) is 38.0 Å². The molecule has 0 aliphatic heterocycles. The standard InChI is InChI=1S/C27H22N2OS/c30-26(25-17-10-18-31-25)24-19-29(20-28-24)27(21-11-4-1-5-12-21,22-13-6-2-7-14-22)23-15-8-3-9-16-23/h1-20,26,30H/t26-/m1/s1. The van der Waals surface area contributed by atoms with Crippen LogP contribution in [0.15, 0.2) is 121 Å². The van der Waals surface area contributed by atoms with Gasteiger partial charge in [0.15, 0.2) is 0 Å². The van der Waals surface area contributed by atoms with E-state index in [1.807, 2.05) is 48.2 Å². The molecule has 0 aliphatic carbocycles. The van der Waals surface area contributed by atoms with Crippen molar-refractivity contribution in [2.45, 2.75) is 11.6 Å². The van der Waals surface area contributed by atoms with Gasteiger partial charge in [-0.15, -0.1) is 11.3 Å². The first-order valence-corrected chi connectivity index (χ1v) is 11.1. The molecular formula is C27H22N2OS. The molecule has 5 rings (SSSR count). The summed E-state index contributed by atoms with van der Waals surface area (Å²) in [5.74, 6) is 0. The molecule has 1 atom stereocenters. The smallest absolute Gasteiger partial charge is 0.132 e. The second-order valence-electron chi connectivity index (χ2n) is 7.43. The highest BCUT2D eigenvalue weighted by molar-refractivity contribution is 7.10. The van der Waals surface area contributed by atoms with Crippen LogP contribution in [0.25, 0.3) is 0 Å². The summed E-state index contributed by atoms with van der Waals surface area (Å²) in [6, 6.07) is 35.3. The van der Waals surface area contributed by atoms with E-state index in [0.29, 0.717) is 5.69 Å². The number of aromatic nitrogens is 2. The number of rotatable bonds is 6. The minimum absolute atomic E-state index is 0.621. The van der Waals surface area contributed by atoms with Crippen molar-refractivity contribution in [3.8, 4) is 0 Å². The minimum atomic E-state index is -0.749. The minimum Gasteiger partial charge on any atom is -0.381 e. The summed E-state index contributed by atoms with van der Waals surface area (Å²) in [5, 5.41) is 12.9. The molecule has 3 nitrogen and oxygen atoms in total. The van der Waals surface area contributed by atoms with Gasteiger partial charge in [0.2, 0.25) is 0 Å². The zero-order chi connectivity index (χ0) is 21.1. The lowest BCUT2D eigenvalue weighted by atomic mass is 9.77. The van der Waals surface area contributed by atoms with Crippen LogP contribution in [0.1, 0.15) is 33.4 Å². The lowest BCUT2D eigenvalue weighted by Crippen LogP contribution is -2.37. The van der Waals surface area contributed by atoms with Crippen LogP contribution in [-0.4, -0.2) is 14.7 Å². The Balaban J connectivity index is 1.77. The van der Waals surface area contributed by atoms with Crippen molar-refractivity contribution in [3.63, 3.8) is 0 Å². The van der Waals surface area contributed by atoms with Crippen molar-refractivity contribution in [1.29, 1.82) is 0 Å². The Morgan fingerprint density at radius 2 is 1.23 bits per heavy atom. The molecule has 2 heterocycles. The number of aliphatic hydroxyl groups is 1. The van der Waals surface area contributed by atoms with E-state index in [-0.39, 0.29) is 0 Å². The summed E-state index contributed by atoms with van der Waals surface area (Å²) < 4.78 is 2.12. The third-order valence-electron chi connectivity index (χ3n) is 5.66. The molecule has 0 saturated carbocycles. The van der Waals surface area contributed by atoms with Gasteiger partial charge in [0.25, 0.3) is 0 Å². The summed E-state index contributed by atoms with van der Waals surface area (Å²) in [5.41, 5.74) is 3.39. The summed E-state index contributed by atoms with van der Waals surface area (Å²) >= 11 is 1.53. The molecule has 0 aliphatic rings. The molecule has 0 fully saturated rings. The molecule has 1 N–H and O–H groups in total. The van der Waals surface area contributed by atoms with Crippen LogP contribution in [0.5, 0.6) is 0 Å².